The van der Waals surface area contributed by atoms with Crippen molar-refractivity contribution in [1.29, 1.82) is 0 Å². The lowest BCUT2D eigenvalue weighted by molar-refractivity contribution is -0.114. The topological polar surface area (TPSA) is 105 Å². The standard InChI is InChI=1S/C20H12ClN3O4/c21-13-5-7-14(8-6-13)24-19(27)15(18(26)23-20(24)28)10-12-9-11-3-1-2-4-16(11)22-17(12)25/h1-10,27H,(H,23,26,28)/b12-10+. The van der Waals surface area contributed by atoms with E-state index in [-0.39, 0.29) is 11.1 Å². The number of para-hydroxylation sites is 1. The van der Waals surface area contributed by atoms with Crippen molar-refractivity contribution in [2.24, 2.45) is 4.99 Å². The van der Waals surface area contributed by atoms with Crippen LogP contribution in [-0.4, -0.2) is 20.6 Å². The smallest absolute Gasteiger partial charge is 0.335 e. The van der Waals surface area contributed by atoms with Crippen LogP contribution in [0, 0.1) is 0 Å². The SMILES string of the molecule is O=C1N=c2ccccc2=C/C1=C\c1c(O)n(-c2ccc(Cl)cc2)c(=O)[nH]c1=O. The van der Waals surface area contributed by atoms with Crippen molar-refractivity contribution in [2.75, 3.05) is 0 Å². The summed E-state index contributed by atoms with van der Waals surface area (Å²) < 4.78 is 0.919. The van der Waals surface area contributed by atoms with E-state index in [1.54, 1.807) is 42.5 Å². The number of hydrogen-bond acceptors (Lipinski definition) is 4. The molecule has 0 radical (unpaired) electrons. The Kier molecular flexibility index (Phi) is 4.29. The molecule has 0 aliphatic carbocycles. The van der Waals surface area contributed by atoms with Crippen LogP contribution in [0.2, 0.25) is 5.02 Å². The molecule has 3 aromatic rings. The van der Waals surface area contributed by atoms with E-state index in [4.69, 9.17) is 11.6 Å². The van der Waals surface area contributed by atoms with Crippen molar-refractivity contribution in [3.05, 3.63) is 96.1 Å². The number of carbonyl (C=O) groups is 1. The monoisotopic (exact) mass is 393 g/mol. The van der Waals surface area contributed by atoms with Crippen LogP contribution in [0.25, 0.3) is 17.8 Å². The number of benzene rings is 2. The highest BCUT2D eigenvalue weighted by molar-refractivity contribution is 6.30. The van der Waals surface area contributed by atoms with E-state index in [9.17, 15) is 19.5 Å². The largest absolute Gasteiger partial charge is 0.494 e. The molecular formula is C20H12ClN3O4. The van der Waals surface area contributed by atoms with E-state index in [0.717, 1.165) is 4.57 Å². The average Bonchev–Trinajstić information content (AvgIpc) is 2.66. The molecule has 4 rings (SSSR count). The van der Waals surface area contributed by atoms with Crippen LogP contribution >= 0.6 is 11.6 Å². The first-order valence-electron chi connectivity index (χ1n) is 8.20. The molecule has 0 bridgehead atoms. The van der Waals surface area contributed by atoms with Gasteiger partial charge in [-0.1, -0.05) is 29.8 Å². The number of fused-ring (bicyclic) bond motifs is 1. The first-order valence-corrected chi connectivity index (χ1v) is 8.57. The highest BCUT2D eigenvalue weighted by Crippen LogP contribution is 2.21. The zero-order chi connectivity index (χ0) is 19.8. The summed E-state index contributed by atoms with van der Waals surface area (Å²) in [6, 6.07) is 13.1. The Bertz CT molecular complexity index is 1380. The van der Waals surface area contributed by atoms with Crippen LogP contribution in [0.1, 0.15) is 5.56 Å². The van der Waals surface area contributed by atoms with Gasteiger partial charge in [-0.15, -0.1) is 0 Å². The van der Waals surface area contributed by atoms with Crippen molar-refractivity contribution in [2.45, 2.75) is 0 Å². The van der Waals surface area contributed by atoms with Crippen LogP contribution in [0.5, 0.6) is 5.88 Å². The van der Waals surface area contributed by atoms with Gasteiger partial charge >= 0.3 is 5.69 Å². The maximum atomic E-state index is 12.3. The van der Waals surface area contributed by atoms with Gasteiger partial charge in [0.05, 0.1) is 11.0 Å². The second-order valence-corrected chi connectivity index (χ2v) is 6.46. The van der Waals surface area contributed by atoms with Crippen LogP contribution in [-0.2, 0) is 4.79 Å². The fraction of sp³-hybridized carbons (Fsp3) is 0. The van der Waals surface area contributed by atoms with E-state index < -0.39 is 23.0 Å². The molecule has 0 atom stereocenters. The molecular weight excluding hydrogens is 382 g/mol. The quantitative estimate of drug-likeness (QED) is 0.631. The van der Waals surface area contributed by atoms with Gasteiger partial charge in [-0.3, -0.25) is 14.6 Å². The van der Waals surface area contributed by atoms with Gasteiger partial charge in [0.1, 0.15) is 5.56 Å². The number of nitrogens with zero attached hydrogens (tertiary/aromatic N) is 2. The number of carbonyl (C=O) groups excluding carboxylic acids is 1. The third kappa shape index (κ3) is 3.08. The molecule has 8 heteroatoms. The first kappa shape index (κ1) is 17.7. The van der Waals surface area contributed by atoms with Gasteiger partial charge < -0.3 is 5.11 Å². The molecule has 2 heterocycles. The molecule has 0 fully saturated rings. The van der Waals surface area contributed by atoms with Crippen molar-refractivity contribution >= 4 is 29.7 Å². The molecule has 0 unspecified atom stereocenters. The van der Waals surface area contributed by atoms with Gasteiger partial charge in [-0.05, 0) is 42.5 Å². The highest BCUT2D eigenvalue weighted by atomic mass is 35.5. The Morgan fingerprint density at radius 3 is 2.50 bits per heavy atom. The van der Waals surface area contributed by atoms with Crippen molar-refractivity contribution in [3.63, 3.8) is 0 Å². The lowest BCUT2D eigenvalue weighted by atomic mass is 10.1. The molecule has 2 aromatic carbocycles. The number of aromatic nitrogens is 2. The third-order valence-corrected chi connectivity index (χ3v) is 4.47. The van der Waals surface area contributed by atoms with Crippen LogP contribution < -0.4 is 21.8 Å². The summed E-state index contributed by atoms with van der Waals surface area (Å²) in [6.07, 6.45) is 2.78. The number of halogens is 1. The van der Waals surface area contributed by atoms with Crippen LogP contribution in [0.4, 0.5) is 0 Å². The summed E-state index contributed by atoms with van der Waals surface area (Å²) >= 11 is 5.85. The van der Waals surface area contributed by atoms with E-state index in [1.807, 2.05) is 0 Å². The Morgan fingerprint density at radius 1 is 1.04 bits per heavy atom. The second-order valence-electron chi connectivity index (χ2n) is 6.03. The molecule has 7 nitrogen and oxygen atoms in total. The zero-order valence-electron chi connectivity index (χ0n) is 14.2. The Balaban J connectivity index is 1.93. The maximum Gasteiger partial charge on any atom is 0.335 e. The number of aromatic amines is 1. The van der Waals surface area contributed by atoms with Crippen molar-refractivity contribution in [1.82, 2.24) is 9.55 Å². The summed E-state index contributed by atoms with van der Waals surface area (Å²) in [5, 5.41) is 12.3. The number of aromatic hydroxyl groups is 1. The van der Waals surface area contributed by atoms with E-state index >= 15 is 0 Å². The average molecular weight is 394 g/mol. The fourth-order valence-electron chi connectivity index (χ4n) is 2.87. The van der Waals surface area contributed by atoms with Gasteiger partial charge in [0.15, 0.2) is 0 Å². The third-order valence-electron chi connectivity index (χ3n) is 4.22. The fourth-order valence-corrected chi connectivity index (χ4v) is 3.00. The number of H-pyrrole nitrogens is 1. The van der Waals surface area contributed by atoms with Gasteiger partial charge in [0.25, 0.3) is 11.5 Å². The summed E-state index contributed by atoms with van der Waals surface area (Å²) in [4.78, 5) is 42.9. The van der Waals surface area contributed by atoms with E-state index in [1.165, 1.54) is 18.2 Å². The molecule has 1 aliphatic heterocycles. The Labute approximate surface area is 162 Å². The predicted octanol–water partition coefficient (Wildman–Crippen LogP) is 0.909. The molecule has 1 aliphatic rings. The molecule has 138 valence electrons. The Morgan fingerprint density at radius 2 is 1.75 bits per heavy atom. The van der Waals surface area contributed by atoms with Crippen LogP contribution in [0.3, 0.4) is 0 Å². The minimum Gasteiger partial charge on any atom is -0.494 e. The summed E-state index contributed by atoms with van der Waals surface area (Å²) in [6.45, 7) is 0. The lowest BCUT2D eigenvalue weighted by Gasteiger charge is -2.10. The summed E-state index contributed by atoms with van der Waals surface area (Å²) in [7, 11) is 0. The minimum atomic E-state index is -0.819. The van der Waals surface area contributed by atoms with Crippen LogP contribution in [0.15, 0.2) is 68.7 Å². The van der Waals surface area contributed by atoms with Gasteiger partial charge in [-0.25, -0.2) is 14.4 Å². The number of hydrogen-bond donors (Lipinski definition) is 2. The number of amides is 1. The predicted molar refractivity (Wildman–Crippen MR) is 104 cm³/mol. The maximum absolute atomic E-state index is 12.3. The summed E-state index contributed by atoms with van der Waals surface area (Å²) in [5.41, 5.74) is -1.46. The second kappa shape index (κ2) is 6.79. The molecule has 1 amide bonds. The molecule has 0 spiro atoms. The molecule has 28 heavy (non-hydrogen) atoms. The summed E-state index contributed by atoms with van der Waals surface area (Å²) in [5.74, 6) is -1.15. The molecule has 0 saturated carbocycles. The normalized spacial score (nSPS) is 14.3. The van der Waals surface area contributed by atoms with Crippen molar-refractivity contribution < 1.29 is 9.90 Å². The van der Waals surface area contributed by atoms with E-state index in [0.29, 0.717) is 21.3 Å². The Hall–Kier alpha value is -3.71. The lowest BCUT2D eigenvalue weighted by Crippen LogP contribution is -2.31. The first-order chi connectivity index (χ1) is 13.4. The zero-order valence-corrected chi connectivity index (χ0v) is 15.0. The number of nitrogens with one attached hydrogen (secondary N) is 1. The van der Waals surface area contributed by atoms with Gasteiger partial charge in [0.2, 0.25) is 5.88 Å². The number of rotatable bonds is 2. The molecule has 2 N–H and O–H groups in total. The van der Waals surface area contributed by atoms with Gasteiger partial charge in [0, 0.05) is 15.8 Å². The van der Waals surface area contributed by atoms with Gasteiger partial charge in [-0.2, -0.15) is 0 Å². The molecule has 1 aromatic heterocycles. The molecule has 0 saturated heterocycles. The highest BCUT2D eigenvalue weighted by Gasteiger charge is 2.17. The minimum absolute atomic E-state index is 0.112. The van der Waals surface area contributed by atoms with Crippen molar-refractivity contribution in [3.8, 4) is 11.6 Å². The van der Waals surface area contributed by atoms with E-state index in [2.05, 4.69) is 9.98 Å².